The van der Waals surface area contributed by atoms with Gasteiger partial charge in [0.25, 0.3) is 0 Å². The second-order valence-electron chi connectivity index (χ2n) is 3.52. The molecule has 0 aromatic heterocycles. The zero-order valence-corrected chi connectivity index (χ0v) is 7.99. The molecule has 13 heavy (non-hydrogen) atoms. The van der Waals surface area contributed by atoms with E-state index in [2.05, 4.69) is 10.3 Å². The van der Waals surface area contributed by atoms with E-state index in [1.165, 1.54) is 11.5 Å². The van der Waals surface area contributed by atoms with Crippen molar-refractivity contribution in [3.05, 3.63) is 11.3 Å². The number of rotatable bonds is 0. The lowest BCUT2D eigenvalue weighted by atomic mass is 10.0. The maximum Gasteiger partial charge on any atom is 0.249 e. The highest BCUT2D eigenvalue weighted by molar-refractivity contribution is 8.01. The van der Waals surface area contributed by atoms with Crippen molar-refractivity contribution in [2.45, 2.75) is 18.1 Å². The molecule has 1 saturated heterocycles. The molecule has 3 rings (SSSR count). The van der Waals surface area contributed by atoms with E-state index in [-0.39, 0.29) is 5.91 Å². The van der Waals surface area contributed by atoms with Crippen LogP contribution in [0.1, 0.15) is 12.8 Å². The Bertz CT molecular complexity index is 346. The molecule has 4 heteroatoms. The highest BCUT2D eigenvalue weighted by atomic mass is 32.2. The van der Waals surface area contributed by atoms with Crippen LogP contribution in [0.2, 0.25) is 0 Å². The fraction of sp³-hybridized carbons (Fsp3) is 0.556. The first-order chi connectivity index (χ1) is 6.34. The van der Waals surface area contributed by atoms with Gasteiger partial charge in [0.2, 0.25) is 5.91 Å². The number of fused-ring (bicyclic) bond motifs is 1. The molecule has 0 saturated carbocycles. The minimum Gasteiger partial charge on any atom is -0.347 e. The summed E-state index contributed by atoms with van der Waals surface area (Å²) < 4.78 is 0. The molecule has 1 atom stereocenters. The lowest BCUT2D eigenvalue weighted by Crippen LogP contribution is -2.20. The molecule has 0 spiro atoms. The molecular weight excluding hydrogens is 184 g/mol. The second kappa shape index (κ2) is 2.61. The number of amides is 1. The van der Waals surface area contributed by atoms with E-state index in [0.29, 0.717) is 11.8 Å². The molecule has 0 aliphatic carbocycles. The average Bonchev–Trinajstić information content (AvgIpc) is 2.70. The minimum absolute atomic E-state index is 0.102. The van der Waals surface area contributed by atoms with Crippen LogP contribution in [0.4, 0.5) is 0 Å². The third-order valence-electron chi connectivity index (χ3n) is 2.76. The highest BCUT2D eigenvalue weighted by Gasteiger charge is 2.34. The van der Waals surface area contributed by atoms with Crippen molar-refractivity contribution in [3.8, 4) is 0 Å². The van der Waals surface area contributed by atoms with Gasteiger partial charge in [-0.1, -0.05) is 0 Å². The van der Waals surface area contributed by atoms with Crippen LogP contribution in [0.3, 0.4) is 0 Å². The molecule has 1 fully saturated rings. The summed E-state index contributed by atoms with van der Waals surface area (Å²) in [6, 6.07) is 0. The third kappa shape index (κ3) is 1.05. The Morgan fingerprint density at radius 3 is 3.38 bits per heavy atom. The van der Waals surface area contributed by atoms with Crippen LogP contribution in [-0.2, 0) is 4.79 Å². The van der Waals surface area contributed by atoms with E-state index >= 15 is 0 Å². The van der Waals surface area contributed by atoms with Crippen molar-refractivity contribution >= 4 is 23.4 Å². The van der Waals surface area contributed by atoms with Crippen molar-refractivity contribution in [3.63, 3.8) is 0 Å². The summed E-state index contributed by atoms with van der Waals surface area (Å²) in [5.74, 6) is 1.27. The molecule has 3 aliphatic heterocycles. The number of aliphatic imine (C=N–C) groups is 1. The quantitative estimate of drug-likeness (QED) is 0.617. The fourth-order valence-electron chi connectivity index (χ4n) is 2.05. The SMILES string of the molecule is O=C1NCC2=C1CC1SCCC1=N2. The Labute approximate surface area is 80.7 Å². The standard InChI is InChI=1S/C9H10N2OS/c12-9-5-3-8-6(1-2-13-8)11-7(5)4-10-9/h8H,1-4H2,(H,10,12). The highest BCUT2D eigenvalue weighted by Crippen LogP contribution is 2.35. The molecule has 1 unspecified atom stereocenters. The van der Waals surface area contributed by atoms with E-state index in [0.717, 1.165) is 24.1 Å². The van der Waals surface area contributed by atoms with Crippen LogP contribution in [0.15, 0.2) is 16.3 Å². The number of nitrogens with one attached hydrogen (secondary N) is 1. The van der Waals surface area contributed by atoms with Gasteiger partial charge < -0.3 is 5.32 Å². The first-order valence-corrected chi connectivity index (χ1v) is 5.59. The molecule has 0 aromatic carbocycles. The van der Waals surface area contributed by atoms with E-state index < -0.39 is 0 Å². The number of hydrogen-bond acceptors (Lipinski definition) is 3. The maximum absolute atomic E-state index is 11.3. The van der Waals surface area contributed by atoms with Crippen molar-refractivity contribution in [2.75, 3.05) is 12.3 Å². The first kappa shape index (κ1) is 7.62. The zero-order valence-electron chi connectivity index (χ0n) is 7.17. The van der Waals surface area contributed by atoms with Gasteiger partial charge in [-0.15, -0.1) is 0 Å². The third-order valence-corrected chi connectivity index (χ3v) is 4.04. The fourth-order valence-corrected chi connectivity index (χ4v) is 3.31. The summed E-state index contributed by atoms with van der Waals surface area (Å²) in [5.41, 5.74) is 3.24. The van der Waals surface area contributed by atoms with Gasteiger partial charge in [-0.05, 0) is 18.6 Å². The normalized spacial score (nSPS) is 31.2. The number of carbonyl (C=O) groups excluding carboxylic acids is 1. The van der Waals surface area contributed by atoms with E-state index in [1.807, 2.05) is 11.8 Å². The predicted molar refractivity (Wildman–Crippen MR) is 53.0 cm³/mol. The van der Waals surface area contributed by atoms with Gasteiger partial charge in [-0.3, -0.25) is 9.79 Å². The second-order valence-corrected chi connectivity index (χ2v) is 4.84. The summed E-state index contributed by atoms with van der Waals surface area (Å²) in [5, 5.41) is 3.32. The van der Waals surface area contributed by atoms with E-state index in [4.69, 9.17) is 0 Å². The number of nitrogens with zero attached hydrogens (tertiary/aromatic N) is 1. The number of thioether (sulfide) groups is 1. The van der Waals surface area contributed by atoms with Gasteiger partial charge in [-0.25, -0.2) is 0 Å². The van der Waals surface area contributed by atoms with E-state index in [9.17, 15) is 4.79 Å². The zero-order chi connectivity index (χ0) is 8.84. The summed E-state index contributed by atoms with van der Waals surface area (Å²) >= 11 is 1.93. The topological polar surface area (TPSA) is 41.5 Å². The molecule has 3 heterocycles. The van der Waals surface area contributed by atoms with Crippen molar-refractivity contribution in [2.24, 2.45) is 4.99 Å². The van der Waals surface area contributed by atoms with Crippen LogP contribution >= 0.6 is 11.8 Å². The largest absolute Gasteiger partial charge is 0.347 e. The van der Waals surface area contributed by atoms with Crippen molar-refractivity contribution < 1.29 is 4.79 Å². The smallest absolute Gasteiger partial charge is 0.249 e. The summed E-state index contributed by atoms with van der Waals surface area (Å²) in [6.45, 7) is 0.648. The molecule has 3 aliphatic rings. The summed E-state index contributed by atoms with van der Waals surface area (Å²) in [7, 11) is 0. The lowest BCUT2D eigenvalue weighted by molar-refractivity contribution is -0.116. The molecular formula is C9H10N2OS. The minimum atomic E-state index is 0.102. The van der Waals surface area contributed by atoms with Gasteiger partial charge >= 0.3 is 0 Å². The number of hydrogen-bond donors (Lipinski definition) is 1. The lowest BCUT2D eigenvalue weighted by Gasteiger charge is -2.15. The average molecular weight is 194 g/mol. The van der Waals surface area contributed by atoms with Crippen molar-refractivity contribution in [1.82, 2.24) is 5.32 Å². The molecule has 3 nitrogen and oxygen atoms in total. The summed E-state index contributed by atoms with van der Waals surface area (Å²) in [4.78, 5) is 15.9. The Morgan fingerprint density at radius 1 is 1.54 bits per heavy atom. The molecule has 1 amide bonds. The van der Waals surface area contributed by atoms with Crippen LogP contribution < -0.4 is 5.32 Å². The van der Waals surface area contributed by atoms with E-state index in [1.54, 1.807) is 0 Å². The van der Waals surface area contributed by atoms with Crippen LogP contribution in [-0.4, -0.2) is 29.2 Å². The van der Waals surface area contributed by atoms with Crippen LogP contribution in [0, 0.1) is 0 Å². The molecule has 1 N–H and O–H groups in total. The van der Waals surface area contributed by atoms with Gasteiger partial charge in [0.1, 0.15) is 0 Å². The molecule has 0 bridgehead atoms. The number of carbonyl (C=O) groups is 1. The van der Waals surface area contributed by atoms with Crippen LogP contribution in [0.25, 0.3) is 0 Å². The monoisotopic (exact) mass is 194 g/mol. The molecule has 68 valence electrons. The predicted octanol–water partition coefficient (Wildman–Crippen LogP) is 0.720. The maximum atomic E-state index is 11.3. The Hall–Kier alpha value is -0.770. The summed E-state index contributed by atoms with van der Waals surface area (Å²) in [6.07, 6.45) is 2.02. The van der Waals surface area contributed by atoms with Gasteiger partial charge in [0, 0.05) is 16.5 Å². The van der Waals surface area contributed by atoms with Crippen LogP contribution in [0.5, 0.6) is 0 Å². The Morgan fingerprint density at radius 2 is 2.46 bits per heavy atom. The van der Waals surface area contributed by atoms with Gasteiger partial charge in [-0.2, -0.15) is 11.8 Å². The molecule has 0 aromatic rings. The van der Waals surface area contributed by atoms with Gasteiger partial charge in [0.15, 0.2) is 0 Å². The van der Waals surface area contributed by atoms with Gasteiger partial charge in [0.05, 0.1) is 12.2 Å². The molecule has 0 radical (unpaired) electrons. The Kier molecular flexibility index (Phi) is 1.53. The van der Waals surface area contributed by atoms with Crippen molar-refractivity contribution in [1.29, 1.82) is 0 Å². The first-order valence-electron chi connectivity index (χ1n) is 4.54. The Balaban J connectivity index is 2.01.